The summed E-state index contributed by atoms with van der Waals surface area (Å²) in [6.45, 7) is 1.57. The van der Waals surface area contributed by atoms with Gasteiger partial charge < -0.3 is 20.1 Å². The van der Waals surface area contributed by atoms with Crippen molar-refractivity contribution in [1.82, 2.24) is 15.3 Å². The first-order valence-corrected chi connectivity index (χ1v) is 10.4. The molecule has 160 valence electrons. The number of rotatable bonds is 6. The molecule has 32 heavy (non-hydrogen) atoms. The molecule has 1 fully saturated rings. The Kier molecular flexibility index (Phi) is 5.39. The first-order valence-electron chi connectivity index (χ1n) is 10.4. The highest BCUT2D eigenvalue weighted by Gasteiger charge is 2.21. The number of carbonyl (C=O) groups excluding carboxylic acids is 1. The van der Waals surface area contributed by atoms with Gasteiger partial charge in [0.15, 0.2) is 5.65 Å². The lowest BCUT2D eigenvalue weighted by molar-refractivity contribution is 0.102. The smallest absolute Gasteiger partial charge is 0.256 e. The lowest BCUT2D eigenvalue weighted by Gasteiger charge is -2.29. The average Bonchev–Trinajstić information content (AvgIpc) is 2.81. The Hall–Kier alpha value is -3.97. The SMILES string of the molecule is COc1ccc(-c2ccc(C(=O)Nc3ccc4cccnc4n3)cc2OC2CNC2)cc1. The molecule has 4 aromatic rings. The van der Waals surface area contributed by atoms with Gasteiger partial charge in [0.25, 0.3) is 5.91 Å². The molecule has 0 atom stereocenters. The van der Waals surface area contributed by atoms with Crippen molar-refractivity contribution in [3.63, 3.8) is 0 Å². The minimum Gasteiger partial charge on any atom is -0.497 e. The molecule has 1 saturated heterocycles. The molecule has 0 saturated carbocycles. The number of hydrogen-bond acceptors (Lipinski definition) is 6. The number of nitrogens with one attached hydrogen (secondary N) is 2. The van der Waals surface area contributed by atoms with Gasteiger partial charge in [-0.3, -0.25) is 4.79 Å². The van der Waals surface area contributed by atoms with Gasteiger partial charge in [0, 0.05) is 35.8 Å². The van der Waals surface area contributed by atoms with E-state index in [4.69, 9.17) is 9.47 Å². The van der Waals surface area contributed by atoms with E-state index in [1.54, 1.807) is 31.5 Å². The molecule has 1 amide bonds. The number of benzene rings is 2. The Balaban J connectivity index is 1.43. The summed E-state index contributed by atoms with van der Waals surface area (Å²) in [5, 5.41) is 6.98. The van der Waals surface area contributed by atoms with E-state index >= 15 is 0 Å². The number of fused-ring (bicyclic) bond motifs is 1. The van der Waals surface area contributed by atoms with E-state index < -0.39 is 0 Å². The Morgan fingerprint density at radius 3 is 2.66 bits per heavy atom. The first kappa shape index (κ1) is 20.0. The van der Waals surface area contributed by atoms with E-state index in [1.165, 1.54) is 0 Å². The van der Waals surface area contributed by atoms with Crippen molar-refractivity contribution in [3.05, 3.63) is 78.5 Å². The number of nitrogens with zero attached hydrogens (tertiary/aromatic N) is 2. The number of hydrogen-bond donors (Lipinski definition) is 2. The number of methoxy groups -OCH3 is 1. The maximum Gasteiger partial charge on any atom is 0.256 e. The van der Waals surface area contributed by atoms with Gasteiger partial charge in [0.1, 0.15) is 23.4 Å². The maximum absolute atomic E-state index is 12.9. The molecule has 2 N–H and O–H groups in total. The molecule has 0 aliphatic carbocycles. The Labute approximate surface area is 185 Å². The molecule has 5 rings (SSSR count). The molecule has 0 unspecified atom stereocenters. The van der Waals surface area contributed by atoms with Crippen LogP contribution < -0.4 is 20.1 Å². The standard InChI is InChI=1S/C25H22N4O3/c1-31-19-8-4-16(5-9-19)21-10-6-18(13-22(21)32-20-14-26-15-20)25(30)29-23-11-7-17-3-2-12-27-24(17)28-23/h2-13,20,26H,14-15H2,1H3,(H,27,28,29,30). The molecule has 3 heterocycles. The summed E-state index contributed by atoms with van der Waals surface area (Å²) in [6.07, 6.45) is 1.76. The number of amides is 1. The van der Waals surface area contributed by atoms with Gasteiger partial charge in [0.2, 0.25) is 0 Å². The zero-order valence-electron chi connectivity index (χ0n) is 17.5. The fourth-order valence-electron chi connectivity index (χ4n) is 3.51. The van der Waals surface area contributed by atoms with Crippen LogP contribution in [-0.2, 0) is 0 Å². The van der Waals surface area contributed by atoms with Crippen molar-refractivity contribution in [3.8, 4) is 22.6 Å². The topological polar surface area (TPSA) is 85.4 Å². The van der Waals surface area contributed by atoms with Crippen molar-refractivity contribution < 1.29 is 14.3 Å². The van der Waals surface area contributed by atoms with Gasteiger partial charge in [-0.15, -0.1) is 0 Å². The molecular formula is C25H22N4O3. The van der Waals surface area contributed by atoms with Gasteiger partial charge in [-0.05, 0) is 60.2 Å². The number of ether oxygens (including phenoxy) is 2. The third-order valence-corrected chi connectivity index (χ3v) is 5.39. The van der Waals surface area contributed by atoms with E-state index in [0.29, 0.717) is 22.8 Å². The van der Waals surface area contributed by atoms with Gasteiger partial charge in [-0.1, -0.05) is 12.1 Å². The summed E-state index contributed by atoms with van der Waals surface area (Å²) < 4.78 is 11.4. The average molecular weight is 426 g/mol. The molecule has 2 aromatic heterocycles. The van der Waals surface area contributed by atoms with Gasteiger partial charge in [-0.2, -0.15) is 0 Å². The maximum atomic E-state index is 12.9. The van der Waals surface area contributed by atoms with E-state index in [0.717, 1.165) is 35.4 Å². The zero-order valence-corrected chi connectivity index (χ0v) is 17.5. The van der Waals surface area contributed by atoms with E-state index in [-0.39, 0.29) is 12.0 Å². The number of carbonyl (C=O) groups is 1. The third kappa shape index (κ3) is 4.10. The fraction of sp³-hybridized carbons (Fsp3) is 0.160. The van der Waals surface area contributed by atoms with Crippen LogP contribution in [-0.4, -0.2) is 42.2 Å². The highest BCUT2D eigenvalue weighted by molar-refractivity contribution is 6.04. The molecule has 0 radical (unpaired) electrons. The molecule has 0 spiro atoms. The van der Waals surface area contributed by atoms with Crippen LogP contribution in [0.2, 0.25) is 0 Å². The van der Waals surface area contributed by atoms with Crippen LogP contribution in [0.15, 0.2) is 72.9 Å². The van der Waals surface area contributed by atoms with Crippen LogP contribution in [0, 0.1) is 0 Å². The van der Waals surface area contributed by atoms with Crippen LogP contribution >= 0.6 is 0 Å². The lowest BCUT2D eigenvalue weighted by atomic mass is 10.0. The minimum atomic E-state index is -0.259. The summed E-state index contributed by atoms with van der Waals surface area (Å²) in [6, 6.07) is 20.7. The summed E-state index contributed by atoms with van der Waals surface area (Å²) in [5.74, 6) is 1.65. The largest absolute Gasteiger partial charge is 0.497 e. The molecule has 1 aliphatic rings. The highest BCUT2D eigenvalue weighted by Crippen LogP contribution is 2.33. The van der Waals surface area contributed by atoms with Crippen molar-refractivity contribution in [2.24, 2.45) is 0 Å². The van der Waals surface area contributed by atoms with E-state index in [9.17, 15) is 4.79 Å². The quantitative estimate of drug-likeness (QED) is 0.486. The van der Waals surface area contributed by atoms with Crippen molar-refractivity contribution >= 4 is 22.8 Å². The summed E-state index contributed by atoms with van der Waals surface area (Å²) in [7, 11) is 1.64. The van der Waals surface area contributed by atoms with Crippen LogP contribution in [0.5, 0.6) is 11.5 Å². The summed E-state index contributed by atoms with van der Waals surface area (Å²) >= 11 is 0. The van der Waals surface area contributed by atoms with Crippen LogP contribution in [0.25, 0.3) is 22.2 Å². The lowest BCUT2D eigenvalue weighted by Crippen LogP contribution is -2.50. The second kappa shape index (κ2) is 8.64. The molecular weight excluding hydrogens is 404 g/mol. The summed E-state index contributed by atoms with van der Waals surface area (Å²) in [5.41, 5.74) is 2.99. The predicted molar refractivity (Wildman–Crippen MR) is 123 cm³/mol. The zero-order chi connectivity index (χ0) is 21.9. The van der Waals surface area contributed by atoms with E-state index in [2.05, 4.69) is 20.6 Å². The number of anilines is 1. The van der Waals surface area contributed by atoms with Crippen LogP contribution in [0.3, 0.4) is 0 Å². The van der Waals surface area contributed by atoms with E-state index in [1.807, 2.05) is 48.5 Å². The van der Waals surface area contributed by atoms with Gasteiger partial charge in [-0.25, -0.2) is 9.97 Å². The Morgan fingerprint density at radius 2 is 1.91 bits per heavy atom. The van der Waals surface area contributed by atoms with Gasteiger partial charge >= 0.3 is 0 Å². The van der Waals surface area contributed by atoms with Crippen molar-refractivity contribution in [2.45, 2.75) is 6.10 Å². The number of aromatic nitrogens is 2. The van der Waals surface area contributed by atoms with Crippen LogP contribution in [0.1, 0.15) is 10.4 Å². The Morgan fingerprint density at radius 1 is 1.06 bits per heavy atom. The van der Waals surface area contributed by atoms with Gasteiger partial charge in [0.05, 0.1) is 7.11 Å². The van der Waals surface area contributed by atoms with Crippen molar-refractivity contribution in [1.29, 1.82) is 0 Å². The Bertz CT molecular complexity index is 1270. The number of pyridine rings is 2. The molecule has 2 aromatic carbocycles. The molecule has 0 bridgehead atoms. The van der Waals surface area contributed by atoms with Crippen molar-refractivity contribution in [2.75, 3.05) is 25.5 Å². The monoisotopic (exact) mass is 426 g/mol. The normalized spacial score (nSPS) is 13.4. The summed E-state index contributed by atoms with van der Waals surface area (Å²) in [4.78, 5) is 21.6. The molecule has 7 heteroatoms. The second-order valence-corrected chi connectivity index (χ2v) is 7.54. The highest BCUT2D eigenvalue weighted by atomic mass is 16.5. The minimum absolute atomic E-state index is 0.0820. The molecule has 1 aliphatic heterocycles. The molecule has 7 nitrogen and oxygen atoms in total. The fourth-order valence-corrected chi connectivity index (χ4v) is 3.51. The third-order valence-electron chi connectivity index (χ3n) is 5.39. The predicted octanol–water partition coefficient (Wildman–Crippen LogP) is 3.91. The first-order chi connectivity index (χ1) is 15.7. The second-order valence-electron chi connectivity index (χ2n) is 7.54. The van der Waals surface area contributed by atoms with Crippen LogP contribution in [0.4, 0.5) is 5.82 Å².